The average molecular weight is 431 g/mol. The molecule has 2 N–H and O–H groups in total. The van der Waals surface area contributed by atoms with Crippen molar-refractivity contribution in [1.82, 2.24) is 9.55 Å². The lowest BCUT2D eigenvalue weighted by Crippen LogP contribution is -2.09. The Morgan fingerprint density at radius 1 is 1.11 bits per heavy atom. The number of hydrogen-bond donors (Lipinski definition) is 2. The third-order valence-corrected chi connectivity index (χ3v) is 4.87. The topological polar surface area (TPSA) is 92.4 Å². The van der Waals surface area contributed by atoms with Crippen molar-refractivity contribution in [2.45, 2.75) is 32.7 Å². The first-order chi connectivity index (χ1) is 12.9. The van der Waals surface area contributed by atoms with E-state index in [9.17, 15) is 14.7 Å². The number of carbonyl (C=O) groups is 2. The van der Waals surface area contributed by atoms with Crippen molar-refractivity contribution in [2.75, 3.05) is 0 Å². The van der Waals surface area contributed by atoms with Crippen LogP contribution in [0.1, 0.15) is 51.9 Å². The summed E-state index contributed by atoms with van der Waals surface area (Å²) in [6.45, 7) is 2.52. The highest BCUT2D eigenvalue weighted by molar-refractivity contribution is 9.10. The Morgan fingerprint density at radius 2 is 1.81 bits per heavy atom. The van der Waals surface area contributed by atoms with Gasteiger partial charge in [0.2, 0.25) is 0 Å². The van der Waals surface area contributed by atoms with E-state index in [0.29, 0.717) is 22.1 Å². The Bertz CT molecular complexity index is 1010. The number of imidazole rings is 1. The summed E-state index contributed by atoms with van der Waals surface area (Å²) in [6.07, 6.45) is 2.70. The molecule has 0 fully saturated rings. The second kappa shape index (κ2) is 7.92. The number of halogens is 1. The highest BCUT2D eigenvalue weighted by atomic mass is 79.9. The van der Waals surface area contributed by atoms with E-state index in [-0.39, 0.29) is 11.1 Å². The highest BCUT2D eigenvalue weighted by Crippen LogP contribution is 2.27. The van der Waals surface area contributed by atoms with Crippen LogP contribution in [0.25, 0.3) is 11.0 Å². The van der Waals surface area contributed by atoms with Crippen molar-refractivity contribution in [3.05, 3.63) is 63.4 Å². The van der Waals surface area contributed by atoms with E-state index in [1.165, 1.54) is 0 Å². The molecule has 1 aromatic heterocycles. The minimum absolute atomic E-state index is 0.191. The van der Waals surface area contributed by atoms with Gasteiger partial charge in [-0.25, -0.2) is 14.6 Å². The molecule has 0 aliphatic heterocycles. The predicted octanol–water partition coefficient (Wildman–Crippen LogP) is 4.59. The third-order valence-electron chi connectivity index (χ3n) is 4.41. The molecule has 0 aliphatic rings. The molecule has 2 aromatic carbocycles. The number of carboxylic acid groups (broad SMARTS) is 2. The maximum Gasteiger partial charge on any atom is 0.337 e. The SMILES string of the molecule is CCCCc1nc2cc(Br)cc(C(=O)O)c2n1Cc1ccc(C(=O)O)cc1. The Hall–Kier alpha value is -2.67. The van der Waals surface area contributed by atoms with Crippen LogP contribution in [0.5, 0.6) is 0 Å². The fraction of sp³-hybridized carbons (Fsp3) is 0.250. The van der Waals surface area contributed by atoms with Gasteiger partial charge in [0.25, 0.3) is 0 Å². The first-order valence-corrected chi connectivity index (χ1v) is 9.44. The molecule has 0 atom stereocenters. The minimum atomic E-state index is -1.01. The molecule has 3 rings (SSSR count). The summed E-state index contributed by atoms with van der Waals surface area (Å²) in [4.78, 5) is 27.5. The number of rotatable bonds is 7. The van der Waals surface area contributed by atoms with E-state index >= 15 is 0 Å². The smallest absolute Gasteiger partial charge is 0.337 e. The van der Waals surface area contributed by atoms with Crippen molar-refractivity contribution in [1.29, 1.82) is 0 Å². The number of aromatic carboxylic acids is 2. The number of aromatic nitrogens is 2. The van der Waals surface area contributed by atoms with Crippen molar-refractivity contribution >= 4 is 38.9 Å². The predicted molar refractivity (Wildman–Crippen MR) is 106 cm³/mol. The number of unbranched alkanes of at least 4 members (excludes halogenated alkanes) is 1. The fourth-order valence-electron chi connectivity index (χ4n) is 3.08. The molecule has 0 spiro atoms. The maximum absolute atomic E-state index is 11.8. The Morgan fingerprint density at radius 3 is 2.41 bits per heavy atom. The van der Waals surface area contributed by atoms with E-state index < -0.39 is 11.9 Å². The molecule has 0 radical (unpaired) electrons. The maximum atomic E-state index is 11.8. The van der Waals surface area contributed by atoms with E-state index in [1.807, 2.05) is 10.6 Å². The lowest BCUT2D eigenvalue weighted by molar-refractivity contribution is 0.0686. The van der Waals surface area contributed by atoms with Crippen LogP contribution in [-0.4, -0.2) is 31.7 Å². The van der Waals surface area contributed by atoms with Gasteiger partial charge in [-0.2, -0.15) is 0 Å². The molecule has 6 nitrogen and oxygen atoms in total. The summed E-state index contributed by atoms with van der Waals surface area (Å²) >= 11 is 3.36. The second-order valence-electron chi connectivity index (χ2n) is 6.35. The zero-order chi connectivity index (χ0) is 19.6. The van der Waals surface area contributed by atoms with Gasteiger partial charge in [0.05, 0.1) is 22.2 Å². The molecule has 140 valence electrons. The zero-order valence-corrected chi connectivity index (χ0v) is 16.4. The number of hydrogen-bond acceptors (Lipinski definition) is 3. The lowest BCUT2D eigenvalue weighted by atomic mass is 10.1. The van der Waals surface area contributed by atoms with Crippen molar-refractivity contribution in [2.24, 2.45) is 0 Å². The standard InChI is InChI=1S/C20H19BrN2O4/c1-2-3-4-17-22-16-10-14(21)9-15(20(26)27)18(16)23(17)11-12-5-7-13(8-6-12)19(24)25/h5-10H,2-4,11H2,1H3,(H,24,25)(H,26,27). The van der Waals surface area contributed by atoms with E-state index in [0.717, 1.165) is 30.7 Å². The summed E-state index contributed by atoms with van der Waals surface area (Å²) in [7, 11) is 0. The first kappa shape index (κ1) is 19.1. The minimum Gasteiger partial charge on any atom is -0.478 e. The normalized spacial score (nSPS) is 11.0. The van der Waals surface area contributed by atoms with Crippen LogP contribution in [-0.2, 0) is 13.0 Å². The average Bonchev–Trinajstić information content (AvgIpc) is 2.96. The summed E-state index contributed by atoms with van der Waals surface area (Å²) in [5.74, 6) is -1.16. The molecular formula is C20H19BrN2O4. The van der Waals surface area contributed by atoms with Crippen LogP contribution < -0.4 is 0 Å². The summed E-state index contributed by atoms with van der Waals surface area (Å²) in [6, 6.07) is 10.0. The number of benzene rings is 2. The molecule has 0 amide bonds. The van der Waals surface area contributed by atoms with Crippen LogP contribution in [0, 0.1) is 0 Å². The lowest BCUT2D eigenvalue weighted by Gasteiger charge is -2.11. The molecule has 0 aliphatic carbocycles. The molecule has 0 unspecified atom stereocenters. The van der Waals surface area contributed by atoms with Crippen LogP contribution in [0.3, 0.4) is 0 Å². The molecular weight excluding hydrogens is 412 g/mol. The van der Waals surface area contributed by atoms with Gasteiger partial charge in [-0.3, -0.25) is 0 Å². The Kier molecular flexibility index (Phi) is 5.60. The quantitative estimate of drug-likeness (QED) is 0.571. The Labute approximate surface area is 164 Å². The van der Waals surface area contributed by atoms with Crippen LogP contribution in [0.15, 0.2) is 40.9 Å². The number of aryl methyl sites for hydroxylation is 1. The number of fused-ring (bicyclic) bond motifs is 1. The molecule has 0 saturated carbocycles. The molecule has 7 heteroatoms. The van der Waals surface area contributed by atoms with Gasteiger partial charge < -0.3 is 14.8 Å². The van der Waals surface area contributed by atoms with Crippen LogP contribution >= 0.6 is 15.9 Å². The number of carboxylic acids is 2. The Balaban J connectivity index is 2.12. The van der Waals surface area contributed by atoms with Gasteiger partial charge in [0.15, 0.2) is 0 Å². The van der Waals surface area contributed by atoms with Crippen LogP contribution in [0.4, 0.5) is 0 Å². The summed E-state index contributed by atoms with van der Waals surface area (Å²) in [5.41, 5.74) is 2.51. The van der Waals surface area contributed by atoms with E-state index in [1.54, 1.807) is 30.3 Å². The monoisotopic (exact) mass is 430 g/mol. The van der Waals surface area contributed by atoms with Crippen molar-refractivity contribution in [3.63, 3.8) is 0 Å². The van der Waals surface area contributed by atoms with Gasteiger partial charge >= 0.3 is 11.9 Å². The summed E-state index contributed by atoms with van der Waals surface area (Å²) in [5, 5.41) is 18.7. The van der Waals surface area contributed by atoms with Gasteiger partial charge in [-0.1, -0.05) is 41.4 Å². The molecule has 3 aromatic rings. The highest BCUT2D eigenvalue weighted by Gasteiger charge is 2.19. The van der Waals surface area contributed by atoms with E-state index in [4.69, 9.17) is 5.11 Å². The molecule has 0 saturated heterocycles. The summed E-state index contributed by atoms with van der Waals surface area (Å²) < 4.78 is 2.60. The van der Waals surface area contributed by atoms with Gasteiger partial charge in [-0.15, -0.1) is 0 Å². The van der Waals surface area contributed by atoms with E-state index in [2.05, 4.69) is 27.8 Å². The number of nitrogens with zero attached hydrogens (tertiary/aromatic N) is 2. The largest absolute Gasteiger partial charge is 0.478 e. The van der Waals surface area contributed by atoms with Crippen molar-refractivity contribution in [3.8, 4) is 0 Å². The van der Waals surface area contributed by atoms with Gasteiger partial charge in [0.1, 0.15) is 5.82 Å². The van der Waals surface area contributed by atoms with Crippen LogP contribution in [0.2, 0.25) is 0 Å². The fourth-order valence-corrected chi connectivity index (χ4v) is 3.52. The third kappa shape index (κ3) is 4.03. The molecule has 1 heterocycles. The first-order valence-electron chi connectivity index (χ1n) is 8.65. The van der Waals surface area contributed by atoms with Gasteiger partial charge in [0, 0.05) is 17.4 Å². The zero-order valence-electron chi connectivity index (χ0n) is 14.8. The molecule has 27 heavy (non-hydrogen) atoms. The van der Waals surface area contributed by atoms with Gasteiger partial charge in [-0.05, 0) is 36.2 Å². The molecule has 0 bridgehead atoms. The van der Waals surface area contributed by atoms with Crippen molar-refractivity contribution < 1.29 is 19.8 Å². The second-order valence-corrected chi connectivity index (χ2v) is 7.26.